The Balaban J connectivity index is 1.86. The predicted octanol–water partition coefficient (Wildman–Crippen LogP) is 3.61. The van der Waals surface area contributed by atoms with Crippen molar-refractivity contribution in [2.75, 3.05) is 137 Å². The van der Waals surface area contributed by atoms with Crippen molar-refractivity contribution in [3.63, 3.8) is 0 Å². The summed E-state index contributed by atoms with van der Waals surface area (Å²) in [6.07, 6.45) is -4.23. The number of carbonyl (C=O) groups is 4. The highest BCUT2D eigenvalue weighted by atomic mass is 31.2. The third-order valence-electron chi connectivity index (χ3n) is 10.8. The first-order valence-electron chi connectivity index (χ1n) is 21.4. The highest BCUT2D eigenvalue weighted by molar-refractivity contribution is 7.73. The highest BCUT2D eigenvalue weighted by Crippen LogP contribution is 2.78. The number of hydrogen-bond donors (Lipinski definition) is 2. The number of ketones is 3. The van der Waals surface area contributed by atoms with E-state index < -0.39 is 75.0 Å². The number of amides is 1. The van der Waals surface area contributed by atoms with Gasteiger partial charge in [0.1, 0.15) is 30.3 Å². The van der Waals surface area contributed by atoms with E-state index in [1.54, 1.807) is 0 Å². The summed E-state index contributed by atoms with van der Waals surface area (Å²) in [4.78, 5) is 75.9. The second-order valence-corrected chi connectivity index (χ2v) is 19.3. The van der Waals surface area contributed by atoms with E-state index in [1.165, 1.54) is 54.8 Å². The number of fused-ring (bicyclic) bond motifs is 3. The Kier molecular flexibility index (Phi) is 23.2. The van der Waals surface area contributed by atoms with Crippen molar-refractivity contribution in [2.24, 2.45) is 0 Å². The molecule has 0 aliphatic heterocycles. The van der Waals surface area contributed by atoms with Crippen LogP contribution < -0.4 is 24.3 Å². The summed E-state index contributed by atoms with van der Waals surface area (Å²) in [6.45, 7) is -2.18. The molecule has 0 saturated heterocycles. The Morgan fingerprint density at radius 1 is 0.676 bits per heavy atom. The fourth-order valence-electron chi connectivity index (χ4n) is 7.71. The van der Waals surface area contributed by atoms with Gasteiger partial charge in [-0.15, -0.1) is 18.7 Å². The number of Topliss-reactive ketones (excluding diaryl/α,β-unsaturated/α-hetero) is 1. The zero-order chi connectivity index (χ0) is 52.4. The Morgan fingerprint density at radius 2 is 1.21 bits per heavy atom. The summed E-state index contributed by atoms with van der Waals surface area (Å²) < 4.78 is 109. The molecule has 2 N–H and O–H groups in total. The fraction of sp³-hybridized carbons (Fsp3) is 0.619. The summed E-state index contributed by atoms with van der Waals surface area (Å²) in [5, 5.41) is 10.5. The smallest absolute Gasteiger partial charge is 0.428 e. The molecule has 2 aromatic carbocycles. The molecule has 0 radical (unpaired) electrons. The molecule has 27 nitrogen and oxygen atoms in total. The number of carbonyl (C=O) groups excluding carboxylic acids is 4. The van der Waals surface area contributed by atoms with Gasteiger partial charge in [-0.2, -0.15) is 0 Å². The molecule has 0 bridgehead atoms. The fourth-order valence-corrected chi connectivity index (χ4v) is 11.4. The van der Waals surface area contributed by atoms with Crippen LogP contribution in [-0.2, 0) is 91.8 Å². The second-order valence-electron chi connectivity index (χ2n) is 14.8. The van der Waals surface area contributed by atoms with Gasteiger partial charge in [0.05, 0.1) is 105 Å². The van der Waals surface area contributed by atoms with Crippen LogP contribution in [0.5, 0.6) is 23.0 Å². The second kappa shape index (κ2) is 27.7. The molecular weight excluding hydrogens is 996 g/mol. The van der Waals surface area contributed by atoms with E-state index in [9.17, 15) is 28.6 Å². The lowest BCUT2D eigenvalue weighted by molar-refractivity contribution is -0.264. The minimum atomic E-state index is -5.30. The van der Waals surface area contributed by atoms with Crippen LogP contribution in [0.15, 0.2) is 12.1 Å². The maximum atomic E-state index is 15.0. The van der Waals surface area contributed by atoms with E-state index in [4.69, 9.17) is 52.1 Å². The van der Waals surface area contributed by atoms with Crippen LogP contribution in [0, 0.1) is 0 Å². The Labute approximate surface area is 408 Å². The van der Waals surface area contributed by atoms with E-state index in [2.05, 4.69) is 43.6 Å². The number of rotatable bonds is 34. The Hall–Kier alpha value is -4.22. The first kappa shape index (κ1) is 59.3. The van der Waals surface area contributed by atoms with Gasteiger partial charge in [0.15, 0.2) is 23.9 Å². The average molecular weight is 1060 g/mol. The van der Waals surface area contributed by atoms with E-state index in [1.807, 2.05) is 0 Å². The Bertz CT molecular complexity index is 2190. The Morgan fingerprint density at radius 3 is 1.75 bits per heavy atom. The van der Waals surface area contributed by atoms with Gasteiger partial charge in [-0.05, 0) is 12.1 Å². The van der Waals surface area contributed by atoms with Gasteiger partial charge in [-0.1, -0.05) is 0 Å². The number of benzene rings is 2. The molecule has 71 heavy (non-hydrogen) atoms. The lowest BCUT2D eigenvalue weighted by Crippen LogP contribution is -2.51. The highest BCUT2D eigenvalue weighted by Gasteiger charge is 2.68. The molecule has 0 heterocycles. The first-order valence-corrected chi connectivity index (χ1v) is 24.5. The number of ether oxygens (including phenoxy) is 11. The van der Waals surface area contributed by atoms with Gasteiger partial charge < -0.3 is 62.5 Å². The molecule has 400 valence electrons. The number of aliphatic hydroxyl groups is 1. The van der Waals surface area contributed by atoms with Crippen molar-refractivity contribution in [3.05, 3.63) is 45.5 Å². The SMILES string of the molecule is COCCOc1c2c(c(OCCOC)c3c1C(=O)c1ccc(OC)c(OC)c1C3=O)C(OCCOC)CC(OCCOC)(C(=O)COC(=O)NCCC(O)(P(=O)(OOC)OOC)P(=O)(OOC)OOC)C2. The zero-order valence-corrected chi connectivity index (χ0v) is 42.8. The molecule has 0 spiro atoms. The van der Waals surface area contributed by atoms with Crippen molar-refractivity contribution >= 4 is 38.6 Å². The number of hydrogen-bond acceptors (Lipinski definition) is 26. The van der Waals surface area contributed by atoms with Crippen molar-refractivity contribution in [2.45, 2.75) is 36.1 Å². The number of methoxy groups -OCH3 is 6. The third-order valence-corrected chi connectivity index (χ3v) is 15.9. The van der Waals surface area contributed by atoms with Crippen molar-refractivity contribution < 1.29 is 124 Å². The number of nitrogens with one attached hydrogen (secondary N) is 1. The monoisotopic (exact) mass is 1060 g/mol. The van der Waals surface area contributed by atoms with Crippen LogP contribution in [0.1, 0.15) is 61.9 Å². The third kappa shape index (κ3) is 12.9. The minimum absolute atomic E-state index is 0.000576. The van der Waals surface area contributed by atoms with E-state index in [-0.39, 0.29) is 122 Å². The maximum Gasteiger partial charge on any atom is 0.428 e. The van der Waals surface area contributed by atoms with Crippen molar-refractivity contribution in [3.8, 4) is 23.0 Å². The maximum absolute atomic E-state index is 15.0. The summed E-state index contributed by atoms with van der Waals surface area (Å²) in [5.41, 5.74) is -2.07. The molecule has 2 atom stereocenters. The van der Waals surface area contributed by atoms with Crippen LogP contribution in [0.4, 0.5) is 4.79 Å². The van der Waals surface area contributed by atoms with Crippen LogP contribution in [0.3, 0.4) is 0 Å². The molecule has 2 aliphatic rings. The standard InChI is InChI=1S/C42H61NO26P2/c1-51-15-19-61-29-24-41(65-22-18-54-4,30(44)25-64-40(47)43-14-13-42(48,70(49,66-57-7)67-58-8)71(50,68-59-9)69-60-10)23-27-31(29)39(63-21-17-53-3)34-33(37(27)62-20-16-52-2)35(45)26-11-12-28(55-5)38(56-6)32(26)36(34)46/h11-12,29,48H,13-25H2,1-10H3,(H,43,47). The summed E-state index contributed by atoms with van der Waals surface area (Å²) in [6, 6.07) is 2.90. The van der Waals surface area contributed by atoms with Gasteiger partial charge in [-0.25, -0.2) is 24.3 Å². The normalized spacial score (nSPS) is 16.7. The van der Waals surface area contributed by atoms with Crippen LogP contribution >= 0.6 is 15.2 Å². The topological polar surface area (TPSA) is 310 Å². The quantitative estimate of drug-likeness (QED) is 0.0373. The molecule has 2 aliphatic carbocycles. The largest absolute Gasteiger partial charge is 0.493 e. The molecule has 2 aromatic rings. The number of alkyl carbamates (subject to hydrolysis) is 1. The summed E-state index contributed by atoms with van der Waals surface area (Å²) >= 11 is 0. The molecule has 29 heteroatoms. The van der Waals surface area contributed by atoms with E-state index >= 15 is 4.79 Å². The van der Waals surface area contributed by atoms with Crippen LogP contribution in [0.2, 0.25) is 0 Å². The van der Waals surface area contributed by atoms with E-state index in [0.29, 0.717) is 0 Å². The average Bonchev–Trinajstić information content (AvgIpc) is 3.34. The van der Waals surface area contributed by atoms with Crippen molar-refractivity contribution in [1.29, 1.82) is 0 Å². The lowest BCUT2D eigenvalue weighted by atomic mass is 9.71. The van der Waals surface area contributed by atoms with Gasteiger partial charge in [-0.3, -0.25) is 23.5 Å². The molecule has 1 amide bonds. The van der Waals surface area contributed by atoms with Gasteiger partial charge in [0, 0.05) is 70.9 Å². The summed E-state index contributed by atoms with van der Waals surface area (Å²) in [7, 11) is 1.33. The van der Waals surface area contributed by atoms with E-state index in [0.717, 1.165) is 28.4 Å². The first-order chi connectivity index (χ1) is 34.1. The molecule has 2 unspecified atom stereocenters. The molecule has 0 saturated carbocycles. The molecule has 0 fully saturated rings. The molecular formula is C42H61NO26P2. The van der Waals surface area contributed by atoms with Gasteiger partial charge in [0.25, 0.3) is 5.08 Å². The predicted molar refractivity (Wildman–Crippen MR) is 239 cm³/mol. The minimum Gasteiger partial charge on any atom is -0.493 e. The molecule has 0 aromatic heterocycles. The molecule has 4 rings (SSSR count). The lowest BCUT2D eigenvalue weighted by Gasteiger charge is -2.42. The van der Waals surface area contributed by atoms with Crippen LogP contribution in [0.25, 0.3) is 0 Å². The van der Waals surface area contributed by atoms with Gasteiger partial charge in [0.2, 0.25) is 11.6 Å². The zero-order valence-electron chi connectivity index (χ0n) is 41.0. The van der Waals surface area contributed by atoms with Gasteiger partial charge >= 0.3 is 21.3 Å². The summed E-state index contributed by atoms with van der Waals surface area (Å²) in [5.74, 6) is -2.16. The van der Waals surface area contributed by atoms with Crippen LogP contribution in [-0.4, -0.2) is 176 Å². The van der Waals surface area contributed by atoms with Crippen molar-refractivity contribution in [1.82, 2.24) is 5.32 Å².